The zero-order chi connectivity index (χ0) is 25.6. The minimum absolute atomic E-state index is 0.00813. The summed E-state index contributed by atoms with van der Waals surface area (Å²) in [5.41, 5.74) is 1.25. The first-order chi connectivity index (χ1) is 17.0. The van der Waals surface area contributed by atoms with E-state index in [1.807, 2.05) is 32.3 Å². The summed E-state index contributed by atoms with van der Waals surface area (Å²) in [6.45, 7) is 3.94. The maximum absolute atomic E-state index is 10.8. The van der Waals surface area contributed by atoms with Gasteiger partial charge in [0.15, 0.2) is 6.10 Å². The predicted molar refractivity (Wildman–Crippen MR) is 142 cm³/mol. The SMILES string of the molecule is CCCCCCCCCCCCCc1cccc(OCC(COP(O)OCC[NH+](C)C)OC=O)c1. The van der Waals surface area contributed by atoms with Gasteiger partial charge in [0.25, 0.3) is 6.47 Å². The standard InChI is InChI=1S/C27H48NO6P/c1-4-5-6-7-8-9-10-11-12-13-14-16-25-17-15-18-26(21-25)31-22-27(32-24-29)23-34-35(30)33-20-19-28(2)3/h15,17-18,21,24,27,30H,4-14,16,19-20,22-23H2,1-3H3/p+1. The third kappa shape index (κ3) is 18.7. The molecule has 7 nitrogen and oxygen atoms in total. The van der Waals surface area contributed by atoms with Crippen LogP contribution in [-0.4, -0.2) is 57.9 Å². The lowest BCUT2D eigenvalue weighted by atomic mass is 10.0. The van der Waals surface area contributed by atoms with Gasteiger partial charge in [-0.25, -0.2) is 0 Å². The van der Waals surface area contributed by atoms with E-state index in [-0.39, 0.29) is 13.2 Å². The zero-order valence-corrected chi connectivity index (χ0v) is 23.1. The maximum Gasteiger partial charge on any atom is 0.330 e. The molecule has 0 fully saturated rings. The van der Waals surface area contributed by atoms with Gasteiger partial charge in [0.05, 0.1) is 20.7 Å². The molecule has 2 unspecified atom stereocenters. The summed E-state index contributed by atoms with van der Waals surface area (Å²) in [5, 5.41) is 0. The zero-order valence-electron chi connectivity index (χ0n) is 22.2. The molecule has 2 atom stereocenters. The van der Waals surface area contributed by atoms with Crippen molar-refractivity contribution in [1.29, 1.82) is 0 Å². The van der Waals surface area contributed by atoms with Crippen molar-refractivity contribution in [3.63, 3.8) is 0 Å². The van der Waals surface area contributed by atoms with Crippen LogP contribution < -0.4 is 9.64 Å². The fraction of sp³-hybridized carbons (Fsp3) is 0.741. The van der Waals surface area contributed by atoms with Crippen molar-refractivity contribution in [3.8, 4) is 5.75 Å². The van der Waals surface area contributed by atoms with Crippen molar-refractivity contribution >= 4 is 15.1 Å². The second-order valence-corrected chi connectivity index (χ2v) is 10.4. The lowest BCUT2D eigenvalue weighted by Gasteiger charge is -2.18. The monoisotopic (exact) mass is 514 g/mol. The molecule has 0 radical (unpaired) electrons. The lowest BCUT2D eigenvalue weighted by Crippen LogP contribution is -3.06. The van der Waals surface area contributed by atoms with Gasteiger partial charge in [-0.05, 0) is 30.5 Å². The van der Waals surface area contributed by atoms with Gasteiger partial charge in [-0.3, -0.25) is 4.79 Å². The Hall–Kier alpha value is -1.24. The lowest BCUT2D eigenvalue weighted by molar-refractivity contribution is -0.858. The number of aryl methyl sites for hydroxylation is 1. The summed E-state index contributed by atoms with van der Waals surface area (Å²) in [4.78, 5) is 21.9. The van der Waals surface area contributed by atoms with Crippen LogP contribution >= 0.6 is 8.60 Å². The second kappa shape index (κ2) is 22.0. The van der Waals surface area contributed by atoms with Crippen molar-refractivity contribution in [2.45, 2.75) is 90.1 Å². The molecule has 0 aliphatic carbocycles. The minimum Gasteiger partial charge on any atom is -0.490 e. The van der Waals surface area contributed by atoms with E-state index in [1.54, 1.807) is 0 Å². The van der Waals surface area contributed by atoms with Crippen LogP contribution in [0.4, 0.5) is 0 Å². The second-order valence-electron chi connectivity index (χ2n) is 9.42. The number of carbonyl (C=O) groups excluding carboxylic acids is 1. The van der Waals surface area contributed by atoms with Gasteiger partial charge in [-0.15, -0.1) is 0 Å². The predicted octanol–water partition coefficient (Wildman–Crippen LogP) is 4.86. The Bertz CT molecular complexity index is 633. The highest BCUT2D eigenvalue weighted by molar-refractivity contribution is 7.40. The molecule has 0 amide bonds. The number of carbonyl (C=O) groups is 1. The van der Waals surface area contributed by atoms with Crippen molar-refractivity contribution in [3.05, 3.63) is 29.8 Å². The first-order valence-electron chi connectivity index (χ1n) is 13.4. The van der Waals surface area contributed by atoms with Gasteiger partial charge in [0, 0.05) is 0 Å². The molecule has 35 heavy (non-hydrogen) atoms. The number of hydrogen-bond acceptors (Lipinski definition) is 6. The number of ether oxygens (including phenoxy) is 2. The molecule has 1 aromatic rings. The molecule has 2 N–H and O–H groups in total. The summed E-state index contributed by atoms with van der Waals surface area (Å²) >= 11 is 0. The Balaban J connectivity index is 2.22. The molecule has 0 saturated carbocycles. The fourth-order valence-electron chi connectivity index (χ4n) is 3.69. The van der Waals surface area contributed by atoms with E-state index < -0.39 is 14.7 Å². The van der Waals surface area contributed by atoms with E-state index in [1.165, 1.54) is 81.1 Å². The third-order valence-electron chi connectivity index (χ3n) is 5.83. The van der Waals surface area contributed by atoms with Crippen LogP contribution in [0, 0.1) is 0 Å². The smallest absolute Gasteiger partial charge is 0.330 e. The number of rotatable bonds is 24. The molecule has 0 saturated heterocycles. The van der Waals surface area contributed by atoms with E-state index in [2.05, 4.69) is 13.0 Å². The molecule has 0 spiro atoms. The summed E-state index contributed by atoms with van der Waals surface area (Å²) < 4.78 is 21.4. The molecule has 1 rings (SSSR count). The van der Waals surface area contributed by atoms with Crippen molar-refractivity contribution < 1.29 is 33.1 Å². The Morgan fingerprint density at radius 1 is 0.943 bits per heavy atom. The first kappa shape index (κ1) is 31.8. The van der Waals surface area contributed by atoms with Crippen LogP contribution in [0.1, 0.15) is 83.1 Å². The molecular formula is C27H49NO6P+. The van der Waals surface area contributed by atoms with Gasteiger partial charge in [0.1, 0.15) is 25.5 Å². The molecule has 0 aliphatic rings. The van der Waals surface area contributed by atoms with E-state index in [9.17, 15) is 9.69 Å². The quantitative estimate of drug-likeness (QED) is 0.117. The Kier molecular flexibility index (Phi) is 20.0. The van der Waals surface area contributed by atoms with Crippen molar-refractivity contribution in [2.24, 2.45) is 0 Å². The van der Waals surface area contributed by atoms with Gasteiger partial charge < -0.3 is 28.3 Å². The summed E-state index contributed by atoms with van der Waals surface area (Å²) in [6.07, 6.45) is 15.1. The van der Waals surface area contributed by atoms with Crippen LogP contribution in [0.2, 0.25) is 0 Å². The number of hydrogen-bond donors (Lipinski definition) is 2. The van der Waals surface area contributed by atoms with Crippen LogP contribution in [0.15, 0.2) is 24.3 Å². The third-order valence-corrected chi connectivity index (χ3v) is 6.60. The number of nitrogens with one attached hydrogen (secondary N) is 1. The molecule has 0 bridgehead atoms. The average Bonchev–Trinajstić information content (AvgIpc) is 2.84. The van der Waals surface area contributed by atoms with Gasteiger partial charge in [0.2, 0.25) is 0 Å². The maximum atomic E-state index is 10.8. The van der Waals surface area contributed by atoms with Gasteiger partial charge in [-0.2, -0.15) is 0 Å². The normalized spacial score (nSPS) is 13.1. The molecule has 1 aromatic carbocycles. The summed E-state index contributed by atoms with van der Waals surface area (Å²) in [7, 11) is 2.00. The van der Waals surface area contributed by atoms with Crippen LogP contribution in [0.25, 0.3) is 0 Å². The van der Waals surface area contributed by atoms with Crippen LogP contribution in [-0.2, 0) is 25.0 Å². The molecule has 0 heterocycles. The Morgan fingerprint density at radius 2 is 1.60 bits per heavy atom. The van der Waals surface area contributed by atoms with E-state index in [0.717, 1.165) is 18.7 Å². The molecule has 202 valence electrons. The average molecular weight is 515 g/mol. The van der Waals surface area contributed by atoms with Crippen molar-refractivity contribution in [1.82, 2.24) is 0 Å². The minimum atomic E-state index is -2.01. The number of quaternary nitrogens is 1. The first-order valence-corrected chi connectivity index (χ1v) is 14.5. The van der Waals surface area contributed by atoms with Crippen LogP contribution in [0.5, 0.6) is 5.75 Å². The molecule has 0 aliphatic heterocycles. The summed E-state index contributed by atoms with van der Waals surface area (Å²) in [5.74, 6) is 0.738. The highest BCUT2D eigenvalue weighted by atomic mass is 31.2. The molecular weight excluding hydrogens is 465 g/mol. The van der Waals surface area contributed by atoms with E-state index in [0.29, 0.717) is 13.1 Å². The van der Waals surface area contributed by atoms with Gasteiger partial charge in [-0.1, -0.05) is 83.3 Å². The van der Waals surface area contributed by atoms with Crippen molar-refractivity contribution in [2.75, 3.05) is 40.5 Å². The molecule has 8 heteroatoms. The Morgan fingerprint density at radius 3 is 2.23 bits per heavy atom. The topological polar surface area (TPSA) is 78.7 Å². The Labute approximate surface area is 214 Å². The number of likely N-dealkylation sites (N-methyl/N-ethyl adjacent to an activating group) is 1. The highest BCUT2D eigenvalue weighted by Crippen LogP contribution is 2.32. The number of benzene rings is 1. The largest absolute Gasteiger partial charge is 0.490 e. The fourth-order valence-corrected chi connectivity index (χ4v) is 4.31. The van der Waals surface area contributed by atoms with Crippen LogP contribution in [0.3, 0.4) is 0 Å². The van der Waals surface area contributed by atoms with E-state index in [4.69, 9.17) is 18.5 Å². The highest BCUT2D eigenvalue weighted by Gasteiger charge is 2.16. The number of unbranched alkanes of at least 4 members (excludes halogenated alkanes) is 10. The molecule has 0 aromatic heterocycles. The van der Waals surface area contributed by atoms with Gasteiger partial charge >= 0.3 is 8.60 Å². The summed E-state index contributed by atoms with van der Waals surface area (Å²) in [6, 6.07) is 8.05. The van der Waals surface area contributed by atoms with E-state index >= 15 is 0 Å².